The fourth-order valence-corrected chi connectivity index (χ4v) is 3.32. The number of methoxy groups -OCH3 is 2. The van der Waals surface area contributed by atoms with Gasteiger partial charge in [0.25, 0.3) is 11.9 Å². The van der Waals surface area contributed by atoms with Crippen LogP contribution in [0.3, 0.4) is 0 Å². The Morgan fingerprint density at radius 1 is 0.527 bits per heavy atom. The molecule has 0 unspecified atom stereocenters. The summed E-state index contributed by atoms with van der Waals surface area (Å²) >= 11 is -0.472. The Morgan fingerprint density at radius 3 is 1.02 bits per heavy atom. The van der Waals surface area contributed by atoms with E-state index in [9.17, 15) is 9.59 Å². The van der Waals surface area contributed by atoms with Crippen LogP contribution in [0.4, 0.5) is 0 Å². The molecule has 55 heavy (non-hydrogen) atoms. The van der Waals surface area contributed by atoms with E-state index in [-0.39, 0.29) is 26.4 Å². The van der Waals surface area contributed by atoms with Gasteiger partial charge in [0.05, 0.1) is 115 Å². The average Bonchev–Trinajstić information content (AvgIpc) is 3.15. The van der Waals surface area contributed by atoms with Crippen LogP contribution in [0.25, 0.3) is 11.4 Å². The zero-order valence-corrected chi connectivity index (χ0v) is 35.1. The van der Waals surface area contributed by atoms with Crippen LogP contribution < -0.4 is 0 Å². The first kappa shape index (κ1) is 54.2. The van der Waals surface area contributed by atoms with Gasteiger partial charge in [0.1, 0.15) is 13.2 Å². The third-order valence-corrected chi connectivity index (χ3v) is 5.53. The third kappa shape index (κ3) is 37.8. The van der Waals surface area contributed by atoms with Crippen LogP contribution in [0.1, 0.15) is 34.6 Å². The molecule has 0 fully saturated rings. The fraction of sp³-hybridized carbons (Fsp3) is 0.588. The minimum atomic E-state index is -0.833. The van der Waals surface area contributed by atoms with Crippen molar-refractivity contribution < 1.29 is 93.2 Å². The number of halogens is 2. The summed E-state index contributed by atoms with van der Waals surface area (Å²) in [6.45, 7) is 8.39. The Morgan fingerprint density at radius 2 is 0.764 bits per heavy atom. The van der Waals surface area contributed by atoms with Gasteiger partial charge >= 0.3 is 47.3 Å². The van der Waals surface area contributed by atoms with Crippen LogP contribution >= 0.6 is 18.8 Å². The van der Waals surface area contributed by atoms with E-state index in [0.717, 1.165) is 13.8 Å². The molecule has 2 aromatic heterocycles. The average molecular weight is 1010 g/mol. The van der Waals surface area contributed by atoms with E-state index >= 15 is 0 Å². The molecule has 2 N–H and O–H groups in total. The fourth-order valence-electron chi connectivity index (χ4n) is 3.32. The third-order valence-electron chi connectivity index (χ3n) is 5.53. The van der Waals surface area contributed by atoms with E-state index in [4.69, 9.17) is 86.0 Å². The van der Waals surface area contributed by atoms with Gasteiger partial charge in [-0.1, -0.05) is 0 Å². The second kappa shape index (κ2) is 40.8. The Hall–Kier alpha value is -2.87. The number of esters is 2. The van der Waals surface area contributed by atoms with Crippen molar-refractivity contribution in [1.29, 1.82) is 0 Å². The van der Waals surface area contributed by atoms with Crippen LogP contribution in [0.15, 0.2) is 36.7 Å². The van der Waals surface area contributed by atoms with Crippen LogP contribution in [-0.4, -0.2) is 164 Å². The summed E-state index contributed by atoms with van der Waals surface area (Å²) in [7, 11) is 13.0. The number of rotatable bonds is 27. The first-order valence-electron chi connectivity index (χ1n) is 16.5. The molecular weight excluding hydrogens is 958 g/mol. The predicted octanol–water partition coefficient (Wildman–Crippen LogP) is 3.41. The molecule has 0 bridgehead atoms. The van der Waals surface area contributed by atoms with Crippen LogP contribution in [-0.2, 0) is 73.4 Å². The van der Waals surface area contributed by atoms with Gasteiger partial charge in [-0.3, -0.25) is 19.6 Å². The zero-order chi connectivity index (χ0) is 41.4. The number of hydrogen-bond acceptors (Lipinski definition) is 16. The van der Waals surface area contributed by atoms with E-state index < -0.39 is 40.4 Å². The summed E-state index contributed by atoms with van der Waals surface area (Å²) in [6, 6.07) is 6.17. The molecule has 0 spiro atoms. The second-order valence-electron chi connectivity index (χ2n) is 9.87. The van der Waals surface area contributed by atoms with E-state index in [0.29, 0.717) is 102 Å². The Bertz CT molecular complexity index is 1170. The number of carbonyl (C=O) groups is 4. The summed E-state index contributed by atoms with van der Waals surface area (Å²) in [5, 5.41) is 14.8. The van der Waals surface area contributed by atoms with Crippen LogP contribution in [0.5, 0.6) is 0 Å². The van der Waals surface area contributed by atoms with Crippen molar-refractivity contribution in [2.75, 3.05) is 120 Å². The number of nitrogens with zero attached hydrogens (tertiary/aromatic N) is 2. The van der Waals surface area contributed by atoms with Gasteiger partial charge in [0.2, 0.25) is 0 Å². The molecule has 0 aliphatic rings. The standard InChI is InChI=1S/C30H44N2O12.2C2H4O2.2ClH.Pt/c1-35-7-9-37-11-13-39-15-17-41-19-21-43-29(33)25-3-5-31-27(23-25)28-24-26(4-6-32-28)30(34)44-22-20-42-18-16-40-14-12-38-10-8-36-2;2*1-2(3)4;;;/h3-6,23-24H,7-22H2,1-2H3;2*1H3,(H,3,4);2*1H;/q;;;;;+2/p-2. The van der Waals surface area contributed by atoms with E-state index in [2.05, 4.69) is 9.97 Å². The van der Waals surface area contributed by atoms with Crippen molar-refractivity contribution in [2.45, 2.75) is 13.8 Å². The summed E-state index contributed by atoms with van der Waals surface area (Å²) in [4.78, 5) is 51.5. The SMILES string of the molecule is CC(=O)O.CC(=O)O.COCCOCCOCCOCCOC(=O)c1ccnc(-c2cc(C(=O)OCCOCCOCCOCCOC)ccn2)c1.[Cl][Pt][Cl]. The molecule has 0 aliphatic heterocycles. The number of pyridine rings is 2. The number of carboxylic acids is 2. The first-order chi connectivity index (χ1) is 26.5. The summed E-state index contributed by atoms with van der Waals surface area (Å²) < 4.78 is 52.5. The molecule has 0 saturated heterocycles. The molecule has 2 rings (SSSR count). The van der Waals surface area contributed by atoms with Gasteiger partial charge in [-0.15, -0.1) is 0 Å². The number of aliphatic carboxylic acids is 2. The Labute approximate surface area is 337 Å². The summed E-state index contributed by atoms with van der Waals surface area (Å²) in [5.41, 5.74) is 1.39. The topological polar surface area (TPSA) is 227 Å². The molecule has 0 saturated carbocycles. The van der Waals surface area contributed by atoms with Gasteiger partial charge in [-0.25, -0.2) is 9.59 Å². The quantitative estimate of drug-likeness (QED) is 0.0966. The van der Waals surface area contributed by atoms with Crippen LogP contribution in [0.2, 0.25) is 0 Å². The molecule has 2 heterocycles. The van der Waals surface area contributed by atoms with Crippen molar-refractivity contribution in [2.24, 2.45) is 0 Å². The maximum absolute atomic E-state index is 12.5. The van der Waals surface area contributed by atoms with Gasteiger partial charge in [0, 0.05) is 40.5 Å². The molecule has 0 aromatic carbocycles. The molecule has 18 nitrogen and oxygen atoms in total. The predicted molar refractivity (Wildman–Crippen MR) is 195 cm³/mol. The number of carbonyl (C=O) groups excluding carboxylic acids is 2. The van der Waals surface area contributed by atoms with Crippen LogP contribution in [0, 0.1) is 0 Å². The molecule has 0 radical (unpaired) electrons. The summed E-state index contributed by atoms with van der Waals surface area (Å²) in [6.07, 6.45) is 2.95. The number of ether oxygens (including phenoxy) is 10. The van der Waals surface area contributed by atoms with E-state index in [1.165, 1.54) is 24.5 Å². The van der Waals surface area contributed by atoms with Crippen molar-refractivity contribution >= 4 is 42.7 Å². The maximum atomic E-state index is 12.5. The van der Waals surface area contributed by atoms with Gasteiger partial charge in [-0.05, 0) is 24.3 Å². The number of aromatic nitrogens is 2. The van der Waals surface area contributed by atoms with Crippen molar-refractivity contribution in [3.8, 4) is 11.4 Å². The minimum absolute atomic E-state index is 0.0806. The molecule has 0 amide bonds. The van der Waals surface area contributed by atoms with Gasteiger partial charge < -0.3 is 57.6 Å². The first-order valence-corrected chi connectivity index (χ1v) is 22.1. The molecule has 2 aromatic rings. The van der Waals surface area contributed by atoms with Gasteiger partial charge in [0.15, 0.2) is 0 Å². The molecule has 0 atom stereocenters. The molecule has 0 aliphatic carbocycles. The van der Waals surface area contributed by atoms with Crippen molar-refractivity contribution in [3.05, 3.63) is 47.8 Å². The Kier molecular flexibility index (Phi) is 40.2. The van der Waals surface area contributed by atoms with E-state index in [1.54, 1.807) is 26.4 Å². The molecular formula is C34H52Cl2N2O16Pt. The molecule has 21 heteroatoms. The monoisotopic (exact) mass is 1010 g/mol. The van der Waals surface area contributed by atoms with Gasteiger partial charge in [-0.2, -0.15) is 0 Å². The number of carboxylic acid groups (broad SMARTS) is 2. The molecule has 318 valence electrons. The zero-order valence-electron chi connectivity index (χ0n) is 31.4. The Balaban J connectivity index is 0. The number of hydrogen-bond donors (Lipinski definition) is 2. The summed E-state index contributed by atoms with van der Waals surface area (Å²) in [5.74, 6) is -2.73. The van der Waals surface area contributed by atoms with Crippen molar-refractivity contribution in [3.63, 3.8) is 0 Å². The van der Waals surface area contributed by atoms with E-state index in [1.807, 2.05) is 0 Å². The second-order valence-corrected chi connectivity index (χ2v) is 13.2. The normalized spacial score (nSPS) is 10.1. The van der Waals surface area contributed by atoms with Crippen molar-refractivity contribution in [1.82, 2.24) is 9.97 Å².